The molecule has 0 aliphatic rings. The molecule has 0 bridgehead atoms. The number of carbonyl (C=O) groups is 3. The number of nitrogens with zero attached hydrogens (tertiary/aromatic N) is 3. The molecule has 0 atom stereocenters. The zero-order chi connectivity index (χ0) is 18.7. The first-order valence-corrected chi connectivity index (χ1v) is 8.37. The van der Waals surface area contributed by atoms with E-state index in [1.807, 2.05) is 0 Å². The summed E-state index contributed by atoms with van der Waals surface area (Å²) in [5.41, 5.74) is 0. The van der Waals surface area contributed by atoms with Gasteiger partial charge in [0.05, 0.1) is 13.1 Å². The fourth-order valence-corrected chi connectivity index (χ4v) is 2.50. The number of Topliss-reactive ketones (excluding diaryl/α,β-unsaturated/α-hetero) is 1. The van der Waals surface area contributed by atoms with Crippen LogP contribution in [0.25, 0.3) is 0 Å². The van der Waals surface area contributed by atoms with Gasteiger partial charge in [-0.25, -0.2) is 14.6 Å². The molecule has 1 rings (SSSR count). The van der Waals surface area contributed by atoms with Gasteiger partial charge in [-0.05, 0) is 0 Å². The fourth-order valence-electron chi connectivity index (χ4n) is 1.87. The number of thiazole rings is 1. The number of amides is 2. The van der Waals surface area contributed by atoms with Crippen LogP contribution in [0.1, 0.15) is 11.4 Å². The molecular weight excluding hydrogens is 346 g/mol. The molecule has 25 heavy (non-hydrogen) atoms. The van der Waals surface area contributed by atoms with Gasteiger partial charge in [0.1, 0.15) is 11.6 Å². The van der Waals surface area contributed by atoms with Crippen molar-refractivity contribution in [2.75, 3.05) is 26.2 Å². The minimum atomic E-state index is -1.23. The third kappa shape index (κ3) is 7.62. The molecule has 0 aliphatic carbocycles. The van der Waals surface area contributed by atoms with Gasteiger partial charge in [0, 0.05) is 31.1 Å². The molecule has 0 saturated carbocycles. The van der Waals surface area contributed by atoms with E-state index in [1.54, 1.807) is 11.6 Å². The highest BCUT2D eigenvalue weighted by Crippen LogP contribution is 2.10. The van der Waals surface area contributed by atoms with Crippen molar-refractivity contribution in [1.29, 1.82) is 0 Å². The van der Waals surface area contributed by atoms with Gasteiger partial charge in [-0.3, -0.25) is 14.6 Å². The largest absolute Gasteiger partial charge is 0.465 e. The van der Waals surface area contributed by atoms with E-state index >= 15 is 0 Å². The predicted octanol–water partition coefficient (Wildman–Crippen LogP) is 2.39. The van der Waals surface area contributed by atoms with E-state index in [0.717, 1.165) is 4.90 Å². The van der Waals surface area contributed by atoms with Gasteiger partial charge >= 0.3 is 12.2 Å². The Labute approximate surface area is 150 Å². The molecular formula is C16H21N3O5S. The van der Waals surface area contributed by atoms with Gasteiger partial charge in [0.25, 0.3) is 0 Å². The molecule has 8 nitrogen and oxygen atoms in total. The number of ether oxygens (including phenoxy) is 1. The summed E-state index contributed by atoms with van der Waals surface area (Å²) in [6, 6.07) is 0. The molecule has 1 heterocycles. The number of allylic oxidation sites excluding steroid dienone is 1. The van der Waals surface area contributed by atoms with Gasteiger partial charge in [-0.15, -0.1) is 17.9 Å². The summed E-state index contributed by atoms with van der Waals surface area (Å²) < 4.78 is 5.01. The number of carboxylic acid groups (broad SMARTS) is 1. The van der Waals surface area contributed by atoms with Crippen molar-refractivity contribution in [3.05, 3.63) is 41.9 Å². The molecule has 0 saturated heterocycles. The first kappa shape index (κ1) is 20.4. The van der Waals surface area contributed by atoms with Crippen LogP contribution in [-0.2, 0) is 16.1 Å². The number of rotatable bonds is 11. The first-order chi connectivity index (χ1) is 12.0. The van der Waals surface area contributed by atoms with Gasteiger partial charge in [-0.2, -0.15) is 0 Å². The Balaban J connectivity index is 2.71. The van der Waals surface area contributed by atoms with E-state index in [-0.39, 0.29) is 45.0 Å². The average molecular weight is 367 g/mol. The Kier molecular flexibility index (Phi) is 8.94. The van der Waals surface area contributed by atoms with Crippen molar-refractivity contribution < 1.29 is 24.2 Å². The van der Waals surface area contributed by atoms with Crippen molar-refractivity contribution in [2.45, 2.75) is 13.0 Å². The van der Waals surface area contributed by atoms with Crippen molar-refractivity contribution in [3.8, 4) is 0 Å². The van der Waals surface area contributed by atoms with E-state index < -0.39 is 12.2 Å². The third-order valence-corrected chi connectivity index (χ3v) is 3.81. The maximum atomic E-state index is 12.1. The molecule has 136 valence electrons. The molecule has 1 aromatic rings. The van der Waals surface area contributed by atoms with Gasteiger partial charge in [0.2, 0.25) is 0 Å². The van der Waals surface area contributed by atoms with Crippen molar-refractivity contribution in [3.63, 3.8) is 0 Å². The first-order valence-electron chi connectivity index (χ1n) is 7.49. The van der Waals surface area contributed by atoms with Gasteiger partial charge in [0.15, 0.2) is 5.78 Å². The molecule has 9 heteroatoms. The van der Waals surface area contributed by atoms with Crippen molar-refractivity contribution >= 4 is 29.3 Å². The Bertz CT molecular complexity index is 603. The van der Waals surface area contributed by atoms with E-state index in [0.29, 0.717) is 5.01 Å². The maximum Gasteiger partial charge on any atom is 0.410 e. The molecule has 0 fully saturated rings. The van der Waals surface area contributed by atoms with Gasteiger partial charge < -0.3 is 9.84 Å². The van der Waals surface area contributed by atoms with E-state index in [9.17, 15) is 19.5 Å². The van der Waals surface area contributed by atoms with Crippen LogP contribution in [0.4, 0.5) is 9.59 Å². The summed E-state index contributed by atoms with van der Waals surface area (Å²) in [5, 5.41) is 11.7. The van der Waals surface area contributed by atoms with E-state index in [1.165, 1.54) is 28.4 Å². The number of hydrogen-bond donors (Lipinski definition) is 1. The molecule has 0 aromatic carbocycles. The van der Waals surface area contributed by atoms with Crippen LogP contribution in [0.3, 0.4) is 0 Å². The molecule has 2 amide bonds. The average Bonchev–Trinajstić information content (AvgIpc) is 3.08. The van der Waals surface area contributed by atoms with Gasteiger partial charge in [-0.1, -0.05) is 18.7 Å². The second-order valence-corrected chi connectivity index (χ2v) is 5.93. The van der Waals surface area contributed by atoms with Crippen LogP contribution in [0, 0.1) is 0 Å². The Morgan fingerprint density at radius 2 is 1.96 bits per heavy atom. The fraction of sp³-hybridized carbons (Fsp3) is 0.375. The summed E-state index contributed by atoms with van der Waals surface area (Å²) in [6.45, 7) is 6.97. The van der Waals surface area contributed by atoms with E-state index in [4.69, 9.17) is 4.74 Å². The molecule has 0 aliphatic heterocycles. The van der Waals surface area contributed by atoms with Crippen LogP contribution >= 0.6 is 11.3 Å². The molecule has 0 spiro atoms. The minimum Gasteiger partial charge on any atom is -0.465 e. The lowest BCUT2D eigenvalue weighted by Crippen LogP contribution is -2.42. The monoisotopic (exact) mass is 367 g/mol. The summed E-state index contributed by atoms with van der Waals surface area (Å²) >= 11 is 1.37. The minimum absolute atomic E-state index is 0.0211. The zero-order valence-electron chi connectivity index (χ0n) is 13.8. The third-order valence-electron chi connectivity index (χ3n) is 3.04. The number of ketones is 1. The Morgan fingerprint density at radius 3 is 2.52 bits per heavy atom. The highest BCUT2D eigenvalue weighted by atomic mass is 32.1. The topological polar surface area (TPSA) is 100 Å². The van der Waals surface area contributed by atoms with E-state index in [2.05, 4.69) is 18.1 Å². The lowest BCUT2D eigenvalue weighted by molar-refractivity contribution is -0.119. The number of carbonyl (C=O) groups excluding carboxylic acids is 2. The SMILES string of the molecule is C=CCOC(=O)N(CCN(CC(=O)CC=C)C(=O)O)Cc1nccs1. The summed E-state index contributed by atoms with van der Waals surface area (Å²) in [4.78, 5) is 41.5. The smallest absolute Gasteiger partial charge is 0.410 e. The Hall–Kier alpha value is -2.68. The van der Waals surface area contributed by atoms with Crippen molar-refractivity contribution in [1.82, 2.24) is 14.8 Å². The van der Waals surface area contributed by atoms with Crippen LogP contribution < -0.4 is 0 Å². The zero-order valence-corrected chi connectivity index (χ0v) is 14.6. The highest BCUT2D eigenvalue weighted by molar-refractivity contribution is 7.09. The molecule has 0 radical (unpaired) electrons. The second kappa shape index (κ2) is 11.0. The lowest BCUT2D eigenvalue weighted by atomic mass is 10.2. The molecule has 1 aromatic heterocycles. The lowest BCUT2D eigenvalue weighted by Gasteiger charge is -2.25. The maximum absolute atomic E-state index is 12.1. The summed E-state index contributed by atoms with van der Waals surface area (Å²) in [7, 11) is 0. The van der Waals surface area contributed by atoms with Crippen LogP contribution in [-0.4, -0.2) is 64.1 Å². The summed E-state index contributed by atoms with van der Waals surface area (Å²) in [5.74, 6) is -0.266. The van der Waals surface area contributed by atoms with Crippen LogP contribution in [0.15, 0.2) is 36.9 Å². The second-order valence-electron chi connectivity index (χ2n) is 4.95. The number of aromatic nitrogens is 1. The van der Waals surface area contributed by atoms with Crippen LogP contribution in [0.5, 0.6) is 0 Å². The quantitative estimate of drug-likeness (QED) is 0.603. The standard InChI is InChI=1S/C16H21N3O5S/c1-3-5-13(20)11-18(15(21)22)7-8-19(16(23)24-9-4-2)12-14-17-6-10-25-14/h3-4,6,10H,1-2,5,7-9,11-12H2,(H,21,22). The summed E-state index contributed by atoms with van der Waals surface area (Å²) in [6.07, 6.45) is 2.74. The normalized spacial score (nSPS) is 9.92. The highest BCUT2D eigenvalue weighted by Gasteiger charge is 2.21. The van der Waals surface area contributed by atoms with Crippen LogP contribution in [0.2, 0.25) is 0 Å². The predicted molar refractivity (Wildman–Crippen MR) is 93.5 cm³/mol. The van der Waals surface area contributed by atoms with Crippen molar-refractivity contribution in [2.24, 2.45) is 0 Å². The molecule has 1 N–H and O–H groups in total. The Morgan fingerprint density at radius 1 is 1.24 bits per heavy atom. The number of hydrogen-bond acceptors (Lipinski definition) is 6. The molecule has 0 unspecified atom stereocenters.